The SMILES string of the molecule is Cc1c(Cc2ccc(Br)cc2)c(OC(F)F)nc2c(Cl)ccc(OCC(=O)O)c12. The van der Waals surface area contributed by atoms with Gasteiger partial charge in [-0.1, -0.05) is 39.7 Å². The largest absolute Gasteiger partial charge is 0.481 e. The average Bonchev–Trinajstić information content (AvgIpc) is 2.65. The first-order valence-corrected chi connectivity index (χ1v) is 9.59. The van der Waals surface area contributed by atoms with Crippen LogP contribution in [0.15, 0.2) is 40.9 Å². The number of hydrogen-bond acceptors (Lipinski definition) is 4. The molecule has 29 heavy (non-hydrogen) atoms. The zero-order chi connectivity index (χ0) is 21.1. The van der Waals surface area contributed by atoms with E-state index in [2.05, 4.69) is 25.7 Å². The number of alkyl halides is 2. The maximum Gasteiger partial charge on any atom is 0.388 e. The third-order valence-corrected chi connectivity index (χ3v) is 5.07. The summed E-state index contributed by atoms with van der Waals surface area (Å²) >= 11 is 9.58. The lowest BCUT2D eigenvalue weighted by molar-refractivity contribution is -0.139. The van der Waals surface area contributed by atoms with Crippen LogP contribution in [0.2, 0.25) is 5.02 Å². The van der Waals surface area contributed by atoms with Gasteiger partial charge in [-0.3, -0.25) is 0 Å². The number of ether oxygens (including phenoxy) is 2. The molecule has 0 atom stereocenters. The van der Waals surface area contributed by atoms with E-state index in [0.29, 0.717) is 16.5 Å². The van der Waals surface area contributed by atoms with Gasteiger partial charge in [0.2, 0.25) is 5.88 Å². The molecule has 0 aliphatic heterocycles. The Balaban J connectivity index is 2.20. The Hall–Kier alpha value is -2.45. The van der Waals surface area contributed by atoms with Crippen molar-refractivity contribution in [3.63, 3.8) is 0 Å². The highest BCUT2D eigenvalue weighted by Gasteiger charge is 2.21. The molecule has 0 spiro atoms. The molecule has 0 bridgehead atoms. The van der Waals surface area contributed by atoms with E-state index < -0.39 is 19.2 Å². The van der Waals surface area contributed by atoms with Gasteiger partial charge in [0, 0.05) is 21.8 Å². The van der Waals surface area contributed by atoms with E-state index in [4.69, 9.17) is 21.4 Å². The summed E-state index contributed by atoms with van der Waals surface area (Å²) in [5.74, 6) is -1.13. The van der Waals surface area contributed by atoms with Crippen molar-refractivity contribution in [1.29, 1.82) is 0 Å². The third-order valence-electron chi connectivity index (χ3n) is 4.24. The molecule has 5 nitrogen and oxygen atoms in total. The van der Waals surface area contributed by atoms with Crippen molar-refractivity contribution in [2.75, 3.05) is 6.61 Å². The highest BCUT2D eigenvalue weighted by Crippen LogP contribution is 2.38. The number of pyridine rings is 1. The van der Waals surface area contributed by atoms with Gasteiger partial charge in [-0.25, -0.2) is 9.78 Å². The highest BCUT2D eigenvalue weighted by molar-refractivity contribution is 9.10. The maximum absolute atomic E-state index is 13.0. The molecule has 1 aromatic heterocycles. The lowest BCUT2D eigenvalue weighted by Gasteiger charge is -2.18. The molecule has 0 radical (unpaired) electrons. The van der Waals surface area contributed by atoms with Gasteiger partial charge < -0.3 is 14.6 Å². The van der Waals surface area contributed by atoms with Crippen LogP contribution in [0.3, 0.4) is 0 Å². The van der Waals surface area contributed by atoms with Gasteiger partial charge in [0.05, 0.1) is 10.5 Å². The van der Waals surface area contributed by atoms with Crippen LogP contribution < -0.4 is 9.47 Å². The zero-order valence-corrected chi connectivity index (χ0v) is 17.4. The number of carboxylic acids is 1. The first-order chi connectivity index (χ1) is 13.8. The Morgan fingerprint density at radius 3 is 2.55 bits per heavy atom. The van der Waals surface area contributed by atoms with E-state index in [1.54, 1.807) is 6.92 Å². The molecule has 3 rings (SSSR count). The molecule has 1 heterocycles. The number of carboxylic acid groups (broad SMARTS) is 1. The first-order valence-electron chi connectivity index (χ1n) is 8.41. The van der Waals surface area contributed by atoms with Crippen LogP contribution >= 0.6 is 27.5 Å². The van der Waals surface area contributed by atoms with E-state index in [9.17, 15) is 13.6 Å². The lowest BCUT2D eigenvalue weighted by atomic mass is 9.98. The van der Waals surface area contributed by atoms with E-state index in [0.717, 1.165) is 10.0 Å². The molecular formula is C20H15BrClF2NO4. The molecule has 152 valence electrons. The van der Waals surface area contributed by atoms with Crippen LogP contribution in [-0.2, 0) is 11.2 Å². The molecular weight excluding hydrogens is 472 g/mol. The van der Waals surface area contributed by atoms with Gasteiger partial charge in [0.15, 0.2) is 6.61 Å². The molecule has 1 N–H and O–H groups in total. The second kappa shape index (κ2) is 8.92. The minimum Gasteiger partial charge on any atom is -0.481 e. The van der Waals surface area contributed by atoms with Crippen molar-refractivity contribution in [2.24, 2.45) is 0 Å². The molecule has 0 aliphatic rings. The van der Waals surface area contributed by atoms with Crippen LogP contribution in [0, 0.1) is 6.92 Å². The van der Waals surface area contributed by atoms with Crippen molar-refractivity contribution in [2.45, 2.75) is 20.0 Å². The number of hydrogen-bond donors (Lipinski definition) is 1. The fourth-order valence-electron chi connectivity index (χ4n) is 2.96. The molecule has 0 amide bonds. The number of rotatable bonds is 7. The summed E-state index contributed by atoms with van der Waals surface area (Å²) in [5, 5.41) is 9.57. The Kier molecular flexibility index (Phi) is 6.54. The van der Waals surface area contributed by atoms with E-state index in [-0.39, 0.29) is 28.6 Å². The monoisotopic (exact) mass is 485 g/mol. The Bertz CT molecular complexity index is 1060. The molecule has 0 unspecified atom stereocenters. The number of fused-ring (bicyclic) bond motifs is 1. The minimum absolute atomic E-state index is 0.197. The van der Waals surface area contributed by atoms with Gasteiger partial charge in [-0.2, -0.15) is 8.78 Å². The van der Waals surface area contributed by atoms with Gasteiger partial charge in [-0.15, -0.1) is 0 Å². The Morgan fingerprint density at radius 2 is 1.93 bits per heavy atom. The molecule has 0 saturated heterocycles. The number of aliphatic carboxylic acids is 1. The number of carbonyl (C=O) groups is 1. The smallest absolute Gasteiger partial charge is 0.388 e. The molecule has 2 aromatic carbocycles. The van der Waals surface area contributed by atoms with Gasteiger partial charge in [-0.05, 0) is 42.3 Å². The summed E-state index contributed by atoms with van der Waals surface area (Å²) in [6.07, 6.45) is 0.273. The Morgan fingerprint density at radius 1 is 1.24 bits per heavy atom. The van der Waals surface area contributed by atoms with Gasteiger partial charge in [0.1, 0.15) is 5.75 Å². The van der Waals surface area contributed by atoms with E-state index in [1.807, 2.05) is 24.3 Å². The fourth-order valence-corrected chi connectivity index (χ4v) is 3.42. The first kappa shape index (κ1) is 21.3. The van der Waals surface area contributed by atoms with Crippen LogP contribution in [0.1, 0.15) is 16.7 Å². The predicted molar refractivity (Wildman–Crippen MR) is 108 cm³/mol. The van der Waals surface area contributed by atoms with E-state index in [1.165, 1.54) is 12.1 Å². The number of halogens is 4. The van der Waals surface area contributed by atoms with Crippen LogP contribution in [-0.4, -0.2) is 29.3 Å². The summed E-state index contributed by atoms with van der Waals surface area (Å²) in [6.45, 7) is -1.92. The van der Waals surface area contributed by atoms with Crippen molar-refractivity contribution >= 4 is 44.4 Å². The molecule has 0 aliphatic carbocycles. The standard InChI is InChI=1S/C20H15BrClF2NO4/c1-10-13(8-11-2-4-12(21)5-3-11)19(29-20(23)24)25-18-14(22)6-7-15(17(10)18)28-9-16(26)27/h2-7,20H,8-9H2,1H3,(H,26,27). The van der Waals surface area contributed by atoms with Crippen molar-refractivity contribution in [1.82, 2.24) is 4.98 Å². The van der Waals surface area contributed by atoms with Gasteiger partial charge >= 0.3 is 12.6 Å². The second-order valence-corrected chi connectivity index (χ2v) is 7.48. The van der Waals surface area contributed by atoms with Gasteiger partial charge in [0.25, 0.3) is 0 Å². The second-order valence-electron chi connectivity index (χ2n) is 6.15. The summed E-state index contributed by atoms with van der Waals surface area (Å²) in [5.41, 5.74) is 2.05. The maximum atomic E-state index is 13.0. The van der Waals surface area contributed by atoms with E-state index >= 15 is 0 Å². The average molecular weight is 487 g/mol. The number of aryl methyl sites for hydroxylation is 1. The topological polar surface area (TPSA) is 68.7 Å². The summed E-state index contributed by atoms with van der Waals surface area (Å²) in [7, 11) is 0. The molecule has 0 fully saturated rings. The lowest BCUT2D eigenvalue weighted by Crippen LogP contribution is -2.11. The normalized spacial score (nSPS) is 11.1. The molecule has 0 saturated carbocycles. The van der Waals surface area contributed by atoms with Crippen molar-refractivity contribution < 1.29 is 28.2 Å². The summed E-state index contributed by atoms with van der Waals surface area (Å²) < 4.78 is 37.0. The quantitative estimate of drug-likeness (QED) is 0.470. The molecule has 3 aromatic rings. The predicted octanol–water partition coefficient (Wildman–Crippen LogP) is 5.61. The van der Waals surface area contributed by atoms with Crippen molar-refractivity contribution in [3.8, 4) is 11.6 Å². The van der Waals surface area contributed by atoms with Crippen LogP contribution in [0.4, 0.5) is 8.78 Å². The van der Waals surface area contributed by atoms with Crippen LogP contribution in [0.25, 0.3) is 10.9 Å². The highest BCUT2D eigenvalue weighted by atomic mass is 79.9. The Labute approximate surface area is 178 Å². The summed E-state index contributed by atoms with van der Waals surface area (Å²) in [6, 6.07) is 10.4. The fraction of sp³-hybridized carbons (Fsp3) is 0.200. The number of benzene rings is 2. The third kappa shape index (κ3) is 4.94. The summed E-state index contributed by atoms with van der Waals surface area (Å²) in [4.78, 5) is 15.1. The van der Waals surface area contributed by atoms with Crippen molar-refractivity contribution in [3.05, 3.63) is 62.6 Å². The minimum atomic E-state index is -3.06. The number of aromatic nitrogens is 1. The molecule has 9 heteroatoms. The van der Waals surface area contributed by atoms with Crippen LogP contribution in [0.5, 0.6) is 11.6 Å². The zero-order valence-electron chi connectivity index (χ0n) is 15.1. The number of nitrogens with zero attached hydrogens (tertiary/aromatic N) is 1.